The van der Waals surface area contributed by atoms with Crippen molar-refractivity contribution in [3.05, 3.63) is 11.6 Å². The van der Waals surface area contributed by atoms with Gasteiger partial charge in [0, 0.05) is 6.61 Å². The summed E-state index contributed by atoms with van der Waals surface area (Å²) in [5.41, 5.74) is 5.82. The molecule has 0 spiro atoms. The van der Waals surface area contributed by atoms with Crippen molar-refractivity contribution in [1.29, 1.82) is 0 Å². The Morgan fingerprint density at radius 3 is 2.44 bits per heavy atom. The first-order valence-electron chi connectivity index (χ1n) is 5.54. The molecule has 0 aromatic rings. The van der Waals surface area contributed by atoms with Gasteiger partial charge < -0.3 is 25.0 Å². The number of ether oxygens (including phenoxy) is 2. The summed E-state index contributed by atoms with van der Waals surface area (Å²) in [5, 5.41) is 0. The van der Waals surface area contributed by atoms with Gasteiger partial charge in [-0.1, -0.05) is 6.08 Å². The summed E-state index contributed by atoms with van der Waals surface area (Å²) in [4.78, 5) is 29.1. The lowest BCUT2D eigenvalue weighted by Gasteiger charge is -2.12. The van der Waals surface area contributed by atoms with Gasteiger partial charge in [0.15, 0.2) is 0 Å². The lowest BCUT2D eigenvalue weighted by Crippen LogP contribution is -2.31. The van der Waals surface area contributed by atoms with Crippen molar-refractivity contribution >= 4 is 13.6 Å². The van der Waals surface area contributed by atoms with E-state index in [1.54, 1.807) is 13.8 Å². The summed E-state index contributed by atoms with van der Waals surface area (Å²) in [5.74, 6) is -0.641. The van der Waals surface area contributed by atoms with Gasteiger partial charge in [0.05, 0.1) is 19.4 Å². The number of esters is 1. The van der Waals surface area contributed by atoms with Gasteiger partial charge >= 0.3 is 13.6 Å². The van der Waals surface area contributed by atoms with Crippen LogP contribution in [-0.2, 0) is 18.8 Å². The highest BCUT2D eigenvalue weighted by atomic mass is 31.2. The Morgan fingerprint density at radius 2 is 2.00 bits per heavy atom. The number of hydrogen-bond acceptors (Lipinski definition) is 5. The van der Waals surface area contributed by atoms with Crippen LogP contribution in [0.2, 0.25) is 0 Å². The molecule has 1 atom stereocenters. The van der Waals surface area contributed by atoms with E-state index in [9.17, 15) is 9.36 Å². The van der Waals surface area contributed by atoms with Crippen LogP contribution in [-0.4, -0.2) is 47.8 Å². The summed E-state index contributed by atoms with van der Waals surface area (Å²) < 4.78 is 20.7. The predicted octanol–water partition coefficient (Wildman–Crippen LogP) is 0.0174. The molecule has 0 heterocycles. The van der Waals surface area contributed by atoms with E-state index in [0.29, 0.717) is 6.61 Å². The molecule has 18 heavy (non-hydrogen) atoms. The van der Waals surface area contributed by atoms with Crippen molar-refractivity contribution in [2.45, 2.75) is 19.9 Å². The molecule has 0 amide bonds. The molecule has 7 nitrogen and oxygen atoms in total. The van der Waals surface area contributed by atoms with Gasteiger partial charge in [-0.05, 0) is 19.4 Å². The Balaban J connectivity index is 4.71. The van der Waals surface area contributed by atoms with Crippen LogP contribution < -0.4 is 5.73 Å². The standard InChI is InChI=1S/C10H20NO6P/c1-3-16-6-8(7-18(13,14)15)5-9(11)10(12)17-4-2/h5,9H,3-4,6-7,11H2,1-2H3,(H2,13,14,15)/b8-5-. The highest BCUT2D eigenvalue weighted by Gasteiger charge is 2.19. The van der Waals surface area contributed by atoms with Crippen molar-refractivity contribution in [1.82, 2.24) is 0 Å². The highest BCUT2D eigenvalue weighted by molar-refractivity contribution is 7.52. The molecule has 4 N–H and O–H groups in total. The van der Waals surface area contributed by atoms with Crippen molar-refractivity contribution in [2.75, 3.05) is 26.0 Å². The Bertz CT molecular complexity index is 337. The minimum atomic E-state index is -4.22. The van der Waals surface area contributed by atoms with Gasteiger partial charge in [0.2, 0.25) is 0 Å². The molecule has 0 aliphatic carbocycles. The normalized spacial score (nSPS) is 14.4. The minimum absolute atomic E-state index is 0.0225. The van der Waals surface area contributed by atoms with Crippen molar-refractivity contribution in [3.63, 3.8) is 0 Å². The average Bonchev–Trinajstić information content (AvgIpc) is 2.24. The van der Waals surface area contributed by atoms with Crippen LogP contribution in [0.1, 0.15) is 13.8 Å². The molecule has 0 aliphatic rings. The van der Waals surface area contributed by atoms with E-state index in [1.807, 2.05) is 0 Å². The maximum atomic E-state index is 11.3. The Kier molecular flexibility index (Phi) is 8.06. The molecular weight excluding hydrogens is 261 g/mol. The van der Waals surface area contributed by atoms with E-state index in [4.69, 9.17) is 25.0 Å². The SMILES string of the molecule is CCOC/C(=C/C(N)C(=O)OCC)CP(=O)(O)O. The molecule has 0 fully saturated rings. The summed E-state index contributed by atoms with van der Waals surface area (Å²) in [6.07, 6.45) is 0.785. The first kappa shape index (κ1) is 17.3. The van der Waals surface area contributed by atoms with Gasteiger partial charge in [0.25, 0.3) is 0 Å². The van der Waals surface area contributed by atoms with Crippen LogP contribution in [0.5, 0.6) is 0 Å². The van der Waals surface area contributed by atoms with Crippen LogP contribution in [0.25, 0.3) is 0 Å². The Morgan fingerprint density at radius 1 is 1.39 bits per heavy atom. The second-order valence-electron chi connectivity index (χ2n) is 3.56. The Labute approximate surface area is 106 Å². The Hall–Kier alpha value is -0.720. The van der Waals surface area contributed by atoms with E-state index in [1.165, 1.54) is 6.08 Å². The summed E-state index contributed by atoms with van der Waals surface area (Å²) in [7, 11) is -4.22. The molecule has 1 unspecified atom stereocenters. The molecule has 0 bridgehead atoms. The first-order chi connectivity index (χ1) is 8.30. The number of nitrogens with two attached hydrogens (primary N) is 1. The number of rotatable bonds is 8. The predicted molar refractivity (Wildman–Crippen MR) is 66.1 cm³/mol. The highest BCUT2D eigenvalue weighted by Crippen LogP contribution is 2.36. The smallest absolute Gasteiger partial charge is 0.329 e. The fraction of sp³-hybridized carbons (Fsp3) is 0.700. The summed E-state index contributed by atoms with van der Waals surface area (Å²) >= 11 is 0. The molecule has 8 heteroatoms. The molecule has 0 saturated heterocycles. The molecule has 0 radical (unpaired) electrons. The van der Waals surface area contributed by atoms with E-state index in [2.05, 4.69) is 0 Å². The summed E-state index contributed by atoms with van der Waals surface area (Å²) in [6.45, 7) is 4.01. The zero-order valence-corrected chi connectivity index (χ0v) is 11.4. The minimum Gasteiger partial charge on any atom is -0.465 e. The maximum absolute atomic E-state index is 11.3. The number of hydrogen-bond donors (Lipinski definition) is 3. The fourth-order valence-corrected chi connectivity index (χ4v) is 1.93. The number of carbonyl (C=O) groups excluding carboxylic acids is 1. The second kappa shape index (κ2) is 8.39. The third-order valence-electron chi connectivity index (χ3n) is 1.87. The average molecular weight is 281 g/mol. The quantitative estimate of drug-likeness (QED) is 0.326. The zero-order chi connectivity index (χ0) is 14.2. The van der Waals surface area contributed by atoms with Crippen LogP contribution in [0.15, 0.2) is 11.6 Å². The lowest BCUT2D eigenvalue weighted by atomic mass is 10.2. The van der Waals surface area contributed by atoms with Gasteiger partial charge in [-0.25, -0.2) is 0 Å². The van der Waals surface area contributed by atoms with Crippen LogP contribution in [0, 0.1) is 0 Å². The largest absolute Gasteiger partial charge is 0.465 e. The zero-order valence-electron chi connectivity index (χ0n) is 10.5. The molecule has 0 saturated carbocycles. The second-order valence-corrected chi connectivity index (χ2v) is 5.21. The number of carbonyl (C=O) groups is 1. The van der Waals surface area contributed by atoms with Gasteiger partial charge in [-0.3, -0.25) is 9.36 Å². The van der Waals surface area contributed by atoms with E-state index in [-0.39, 0.29) is 18.8 Å². The van der Waals surface area contributed by atoms with Crippen molar-refractivity contribution in [3.8, 4) is 0 Å². The molecule has 0 rings (SSSR count). The van der Waals surface area contributed by atoms with Gasteiger partial charge in [0.1, 0.15) is 6.04 Å². The molecule has 106 valence electrons. The van der Waals surface area contributed by atoms with Gasteiger partial charge in [-0.15, -0.1) is 0 Å². The molecule has 0 aromatic heterocycles. The molecule has 0 aromatic carbocycles. The third kappa shape index (κ3) is 8.38. The summed E-state index contributed by atoms with van der Waals surface area (Å²) in [6, 6.07) is -1.05. The lowest BCUT2D eigenvalue weighted by molar-refractivity contribution is -0.143. The van der Waals surface area contributed by atoms with Gasteiger partial charge in [-0.2, -0.15) is 0 Å². The molecule has 0 aliphatic heterocycles. The molecular formula is C10H20NO6P. The maximum Gasteiger partial charge on any atom is 0.329 e. The first-order valence-corrected chi connectivity index (χ1v) is 7.34. The van der Waals surface area contributed by atoms with E-state index in [0.717, 1.165) is 0 Å². The van der Waals surface area contributed by atoms with Crippen LogP contribution >= 0.6 is 7.60 Å². The van der Waals surface area contributed by atoms with Crippen molar-refractivity contribution < 1.29 is 28.6 Å². The van der Waals surface area contributed by atoms with Crippen molar-refractivity contribution in [2.24, 2.45) is 5.73 Å². The van der Waals surface area contributed by atoms with E-state index < -0.39 is 25.8 Å². The fourth-order valence-electron chi connectivity index (χ4n) is 1.20. The van der Waals surface area contributed by atoms with E-state index >= 15 is 0 Å². The monoisotopic (exact) mass is 281 g/mol. The van der Waals surface area contributed by atoms with Crippen LogP contribution in [0.3, 0.4) is 0 Å². The van der Waals surface area contributed by atoms with Crippen LogP contribution in [0.4, 0.5) is 0 Å². The topological polar surface area (TPSA) is 119 Å². The third-order valence-corrected chi connectivity index (χ3v) is 2.69.